The van der Waals surface area contributed by atoms with Crippen molar-refractivity contribution in [2.24, 2.45) is 7.05 Å². The summed E-state index contributed by atoms with van der Waals surface area (Å²) in [5.41, 5.74) is 4.14. The molecule has 0 saturated heterocycles. The Morgan fingerprint density at radius 2 is 1.97 bits per heavy atom. The number of carbonyl (C=O) groups excluding carboxylic acids is 1. The average Bonchev–Trinajstić information content (AvgIpc) is 3.26. The van der Waals surface area contributed by atoms with E-state index in [9.17, 15) is 9.18 Å². The zero-order chi connectivity index (χ0) is 24.2. The van der Waals surface area contributed by atoms with E-state index in [2.05, 4.69) is 25.1 Å². The molecule has 35 heavy (non-hydrogen) atoms. The molecule has 0 saturated carbocycles. The second-order valence-corrected chi connectivity index (χ2v) is 9.57. The first-order chi connectivity index (χ1) is 17.1. The Bertz CT molecular complexity index is 1340. The molecule has 0 unspecified atom stereocenters. The molecule has 178 valence electrons. The van der Waals surface area contributed by atoms with Crippen molar-refractivity contribution < 1.29 is 9.18 Å². The molecular weight excluding hydrogens is 463 g/mol. The smallest absolute Gasteiger partial charge is 0.193 e. The maximum absolute atomic E-state index is 13.6. The monoisotopic (exact) mass is 488 g/mol. The van der Waals surface area contributed by atoms with Gasteiger partial charge in [0.25, 0.3) is 0 Å². The van der Waals surface area contributed by atoms with Crippen LogP contribution < -0.4 is 0 Å². The minimum Gasteiger partial charge on any atom is -0.304 e. The summed E-state index contributed by atoms with van der Waals surface area (Å²) >= 11 is 1.68. The minimum absolute atomic E-state index is 0.148. The maximum Gasteiger partial charge on any atom is 0.193 e. The van der Waals surface area contributed by atoms with E-state index in [-0.39, 0.29) is 5.78 Å². The number of hydrogen-bond donors (Lipinski definition) is 0. The molecule has 1 aliphatic heterocycles. The van der Waals surface area contributed by atoms with Gasteiger partial charge in [-0.15, -0.1) is 10.2 Å². The van der Waals surface area contributed by atoms with E-state index in [1.807, 2.05) is 29.8 Å². The van der Waals surface area contributed by atoms with Crippen molar-refractivity contribution in [2.45, 2.75) is 24.5 Å². The van der Waals surface area contributed by atoms with Gasteiger partial charge in [-0.1, -0.05) is 36.0 Å². The molecule has 0 fully saturated rings. The number of ketones is 1. The van der Waals surface area contributed by atoms with E-state index in [0.717, 1.165) is 43.4 Å². The fourth-order valence-electron chi connectivity index (χ4n) is 4.27. The number of hydrogen-bond acceptors (Lipinski definition) is 7. The van der Waals surface area contributed by atoms with Crippen LogP contribution in [-0.2, 0) is 20.0 Å². The molecule has 0 amide bonds. The van der Waals surface area contributed by atoms with E-state index >= 15 is 0 Å². The highest BCUT2D eigenvalue weighted by Gasteiger charge is 2.19. The third-order valence-corrected chi connectivity index (χ3v) is 7.23. The number of halogens is 1. The Labute approximate surface area is 207 Å². The predicted octanol–water partition coefficient (Wildman–Crippen LogP) is 4.18. The fraction of sp³-hybridized carbons (Fsp3) is 0.269. The van der Waals surface area contributed by atoms with Crippen molar-refractivity contribution in [2.75, 3.05) is 18.8 Å². The van der Waals surface area contributed by atoms with Gasteiger partial charge in [0.2, 0.25) is 0 Å². The van der Waals surface area contributed by atoms with Crippen LogP contribution >= 0.6 is 11.8 Å². The quantitative estimate of drug-likeness (QED) is 0.209. The van der Waals surface area contributed by atoms with Crippen LogP contribution in [0.2, 0.25) is 0 Å². The van der Waals surface area contributed by atoms with Crippen molar-refractivity contribution in [1.29, 1.82) is 0 Å². The van der Waals surface area contributed by atoms with Crippen molar-refractivity contribution in [1.82, 2.24) is 29.6 Å². The molecular formula is C26H25FN6OS. The second kappa shape index (κ2) is 10.5. The van der Waals surface area contributed by atoms with Gasteiger partial charge in [0.1, 0.15) is 11.5 Å². The highest BCUT2D eigenvalue weighted by Crippen LogP contribution is 2.24. The van der Waals surface area contributed by atoms with Gasteiger partial charge >= 0.3 is 0 Å². The summed E-state index contributed by atoms with van der Waals surface area (Å²) in [6, 6.07) is 11.7. The standard InChI is InChI=1S/C26H25FN6OS/c1-32-25(23-16-28-9-10-29-23)30-31-26(32)35-13-3-11-33-12-8-18-6-7-20(14-21(18)17-33)24(34)19-4-2-5-22(27)15-19/h2,4-7,9-10,14-16H,3,8,11-13,17H2,1H3. The van der Waals surface area contributed by atoms with Gasteiger partial charge < -0.3 is 4.57 Å². The largest absolute Gasteiger partial charge is 0.304 e. The number of benzene rings is 2. The summed E-state index contributed by atoms with van der Waals surface area (Å²) < 4.78 is 15.5. The fourth-order valence-corrected chi connectivity index (χ4v) is 5.11. The van der Waals surface area contributed by atoms with Gasteiger partial charge in [-0.05, 0) is 48.7 Å². The molecule has 0 bridgehead atoms. The van der Waals surface area contributed by atoms with Crippen LogP contribution in [0.5, 0.6) is 0 Å². The summed E-state index contributed by atoms with van der Waals surface area (Å²) in [5, 5.41) is 9.42. The second-order valence-electron chi connectivity index (χ2n) is 8.51. The van der Waals surface area contributed by atoms with Crippen molar-refractivity contribution in [3.63, 3.8) is 0 Å². The molecule has 5 rings (SSSR count). The first-order valence-corrected chi connectivity index (χ1v) is 12.5. The van der Waals surface area contributed by atoms with Crippen LogP contribution in [0.4, 0.5) is 4.39 Å². The maximum atomic E-state index is 13.6. The molecule has 4 aromatic rings. The lowest BCUT2D eigenvalue weighted by atomic mass is 9.94. The van der Waals surface area contributed by atoms with E-state index in [1.165, 1.54) is 23.3 Å². The van der Waals surface area contributed by atoms with Crippen LogP contribution in [0.1, 0.15) is 33.5 Å². The van der Waals surface area contributed by atoms with E-state index in [0.29, 0.717) is 22.6 Å². The van der Waals surface area contributed by atoms with Crippen LogP contribution in [0.15, 0.2) is 66.2 Å². The molecule has 1 aliphatic rings. The molecule has 0 aliphatic carbocycles. The normalized spacial score (nSPS) is 13.5. The van der Waals surface area contributed by atoms with Crippen molar-refractivity contribution >= 4 is 17.5 Å². The lowest BCUT2D eigenvalue weighted by Crippen LogP contribution is -2.31. The number of rotatable bonds is 8. The van der Waals surface area contributed by atoms with E-state index < -0.39 is 5.82 Å². The first-order valence-electron chi connectivity index (χ1n) is 11.5. The Balaban J connectivity index is 1.16. The number of thioether (sulfide) groups is 1. The average molecular weight is 489 g/mol. The predicted molar refractivity (Wildman–Crippen MR) is 133 cm³/mol. The van der Waals surface area contributed by atoms with Crippen molar-refractivity contribution in [3.8, 4) is 11.5 Å². The summed E-state index contributed by atoms with van der Waals surface area (Å²) in [6.07, 6.45) is 6.94. The van der Waals surface area contributed by atoms with Gasteiger partial charge in [0, 0.05) is 49.4 Å². The summed E-state index contributed by atoms with van der Waals surface area (Å²) in [6.45, 7) is 2.77. The lowest BCUT2D eigenvalue weighted by Gasteiger charge is -2.29. The zero-order valence-corrected chi connectivity index (χ0v) is 20.2. The third kappa shape index (κ3) is 5.31. The van der Waals surface area contributed by atoms with Crippen LogP contribution in [-0.4, -0.2) is 54.3 Å². The van der Waals surface area contributed by atoms with Crippen LogP contribution in [0.25, 0.3) is 11.5 Å². The van der Waals surface area contributed by atoms with Crippen LogP contribution in [0.3, 0.4) is 0 Å². The molecule has 0 spiro atoms. The van der Waals surface area contributed by atoms with E-state index in [4.69, 9.17) is 0 Å². The molecule has 2 aromatic heterocycles. The molecule has 2 aromatic carbocycles. The molecule has 3 heterocycles. The molecule has 9 heteroatoms. The number of carbonyl (C=O) groups is 1. The zero-order valence-electron chi connectivity index (χ0n) is 19.4. The van der Waals surface area contributed by atoms with Gasteiger partial charge in [-0.2, -0.15) is 0 Å². The molecule has 0 atom stereocenters. The third-order valence-electron chi connectivity index (χ3n) is 6.12. The highest BCUT2D eigenvalue weighted by molar-refractivity contribution is 7.99. The SMILES string of the molecule is Cn1c(SCCCN2CCc3ccc(C(=O)c4cccc(F)c4)cc3C2)nnc1-c1cnccn1. The minimum atomic E-state index is -0.399. The van der Waals surface area contributed by atoms with Gasteiger partial charge in [-0.3, -0.25) is 14.7 Å². The Morgan fingerprint density at radius 3 is 2.80 bits per heavy atom. The summed E-state index contributed by atoms with van der Waals surface area (Å²) in [7, 11) is 1.94. The highest BCUT2D eigenvalue weighted by atomic mass is 32.2. The molecule has 0 N–H and O–H groups in total. The van der Waals surface area contributed by atoms with E-state index in [1.54, 1.807) is 42.5 Å². The molecule has 0 radical (unpaired) electrons. The van der Waals surface area contributed by atoms with Crippen molar-refractivity contribution in [3.05, 3.63) is 89.1 Å². The van der Waals surface area contributed by atoms with Gasteiger partial charge in [-0.25, -0.2) is 9.37 Å². The topological polar surface area (TPSA) is 76.8 Å². The van der Waals surface area contributed by atoms with Gasteiger partial charge in [0.05, 0.1) is 6.20 Å². The Morgan fingerprint density at radius 1 is 1.09 bits per heavy atom. The first kappa shape index (κ1) is 23.3. The summed E-state index contributed by atoms with van der Waals surface area (Å²) in [5.74, 6) is 1.08. The molecule has 7 nitrogen and oxygen atoms in total. The van der Waals surface area contributed by atoms with Gasteiger partial charge in [0.15, 0.2) is 16.8 Å². The lowest BCUT2D eigenvalue weighted by molar-refractivity contribution is 0.103. The number of nitrogens with zero attached hydrogens (tertiary/aromatic N) is 6. The summed E-state index contributed by atoms with van der Waals surface area (Å²) in [4.78, 5) is 23.6. The number of aromatic nitrogens is 5. The Kier molecular flexibility index (Phi) is 6.96. The Hall–Kier alpha value is -3.43. The number of fused-ring (bicyclic) bond motifs is 1. The van der Waals surface area contributed by atoms with Crippen LogP contribution in [0, 0.1) is 5.82 Å².